The highest BCUT2D eigenvalue weighted by Gasteiger charge is 2.21. The zero-order chi connectivity index (χ0) is 18.6. The molecule has 0 unspecified atom stereocenters. The maximum Gasteiger partial charge on any atom is 0.310 e. The van der Waals surface area contributed by atoms with Crippen molar-refractivity contribution in [3.8, 4) is 0 Å². The van der Waals surface area contributed by atoms with E-state index < -0.39 is 0 Å². The normalized spacial score (nSPS) is 15.7. The number of rotatable bonds is 6. The maximum atomic E-state index is 11.6. The van der Waals surface area contributed by atoms with E-state index >= 15 is 0 Å². The first-order chi connectivity index (χ1) is 13.2. The molecule has 0 spiro atoms. The van der Waals surface area contributed by atoms with E-state index in [-0.39, 0.29) is 5.97 Å². The van der Waals surface area contributed by atoms with Gasteiger partial charge in [-0.3, -0.25) is 4.79 Å². The molecule has 0 radical (unpaired) electrons. The van der Waals surface area contributed by atoms with Crippen LogP contribution < -0.4 is 10.2 Å². The fourth-order valence-electron chi connectivity index (χ4n) is 3.99. The minimum atomic E-state index is -0.180. The number of carbonyl (C=O) groups excluding carboxylic acids is 1. The molecule has 4 rings (SSSR count). The van der Waals surface area contributed by atoms with Crippen molar-refractivity contribution in [2.75, 3.05) is 29.9 Å². The van der Waals surface area contributed by atoms with Crippen LogP contribution in [0.4, 0.5) is 17.2 Å². The zero-order valence-electron chi connectivity index (χ0n) is 16.0. The number of nitrogens with zero attached hydrogens (tertiary/aromatic N) is 2. The number of hydrogen-bond acceptors (Lipinski definition) is 5. The van der Waals surface area contributed by atoms with E-state index in [2.05, 4.69) is 16.3 Å². The molecular weight excluding hydrogens is 338 g/mol. The van der Waals surface area contributed by atoms with Gasteiger partial charge in [-0.1, -0.05) is 12.1 Å². The minimum absolute atomic E-state index is 0.180. The quantitative estimate of drug-likeness (QED) is 0.784. The number of anilines is 3. The molecule has 2 heterocycles. The lowest BCUT2D eigenvalue weighted by molar-refractivity contribution is -0.142. The Kier molecular flexibility index (Phi) is 5.28. The first-order valence-electron chi connectivity index (χ1n) is 10.0. The highest BCUT2D eigenvalue weighted by Crippen LogP contribution is 2.34. The van der Waals surface area contributed by atoms with Gasteiger partial charge in [-0.2, -0.15) is 0 Å². The Labute approximate surface area is 160 Å². The van der Waals surface area contributed by atoms with Crippen molar-refractivity contribution in [3.05, 3.63) is 47.2 Å². The van der Waals surface area contributed by atoms with E-state index in [1.54, 1.807) is 0 Å². The van der Waals surface area contributed by atoms with Crippen molar-refractivity contribution in [1.82, 2.24) is 4.98 Å². The van der Waals surface area contributed by atoms with Gasteiger partial charge in [0.2, 0.25) is 0 Å². The molecule has 5 heteroatoms. The van der Waals surface area contributed by atoms with Crippen LogP contribution in [0.5, 0.6) is 0 Å². The molecular formula is C22H27N3O2. The van der Waals surface area contributed by atoms with Gasteiger partial charge < -0.3 is 15.0 Å². The van der Waals surface area contributed by atoms with Crippen LogP contribution in [0.3, 0.4) is 0 Å². The summed E-state index contributed by atoms with van der Waals surface area (Å²) >= 11 is 0. The number of ether oxygens (including phenoxy) is 1. The maximum absolute atomic E-state index is 11.6. The van der Waals surface area contributed by atoms with Crippen molar-refractivity contribution in [2.45, 2.75) is 45.4 Å². The molecule has 0 bridgehead atoms. The highest BCUT2D eigenvalue weighted by molar-refractivity contribution is 5.73. The summed E-state index contributed by atoms with van der Waals surface area (Å²) in [5.41, 5.74) is 5.79. The van der Waals surface area contributed by atoms with E-state index in [0.29, 0.717) is 13.0 Å². The summed E-state index contributed by atoms with van der Waals surface area (Å²) in [6, 6.07) is 10.3. The van der Waals surface area contributed by atoms with E-state index in [9.17, 15) is 4.79 Å². The third-order valence-corrected chi connectivity index (χ3v) is 5.35. The van der Waals surface area contributed by atoms with Crippen LogP contribution in [0.2, 0.25) is 0 Å². The first-order valence-corrected chi connectivity index (χ1v) is 10.0. The second-order valence-corrected chi connectivity index (χ2v) is 7.30. The van der Waals surface area contributed by atoms with Gasteiger partial charge in [0, 0.05) is 36.2 Å². The number of benzene rings is 1. The van der Waals surface area contributed by atoms with Crippen molar-refractivity contribution in [2.24, 2.45) is 0 Å². The Morgan fingerprint density at radius 3 is 2.67 bits per heavy atom. The van der Waals surface area contributed by atoms with Gasteiger partial charge in [0.15, 0.2) is 0 Å². The monoisotopic (exact) mass is 365 g/mol. The van der Waals surface area contributed by atoms with Gasteiger partial charge in [0.25, 0.3) is 0 Å². The Morgan fingerprint density at radius 1 is 1.15 bits per heavy atom. The van der Waals surface area contributed by atoms with Gasteiger partial charge >= 0.3 is 5.97 Å². The Hall–Kier alpha value is -2.56. The lowest BCUT2D eigenvalue weighted by atomic mass is 10.1. The third kappa shape index (κ3) is 4.07. The van der Waals surface area contributed by atoms with Crippen LogP contribution in [0.25, 0.3) is 0 Å². The molecule has 1 saturated heterocycles. The summed E-state index contributed by atoms with van der Waals surface area (Å²) in [6.45, 7) is 4.46. The molecule has 1 aromatic carbocycles. The van der Waals surface area contributed by atoms with Crippen LogP contribution in [-0.4, -0.2) is 30.6 Å². The Morgan fingerprint density at radius 2 is 1.93 bits per heavy atom. The van der Waals surface area contributed by atoms with Gasteiger partial charge in [0.05, 0.1) is 13.0 Å². The fourth-order valence-corrected chi connectivity index (χ4v) is 3.99. The molecule has 27 heavy (non-hydrogen) atoms. The topological polar surface area (TPSA) is 54.5 Å². The number of pyridine rings is 1. The molecule has 2 aliphatic rings. The van der Waals surface area contributed by atoms with Gasteiger partial charge in [0.1, 0.15) is 5.82 Å². The molecule has 2 aromatic rings. The molecule has 0 atom stereocenters. The molecule has 1 aliphatic heterocycles. The average Bonchev–Trinajstić information content (AvgIpc) is 3.35. The second-order valence-electron chi connectivity index (χ2n) is 7.30. The smallest absolute Gasteiger partial charge is 0.310 e. The number of aromatic nitrogens is 1. The molecule has 1 fully saturated rings. The van der Waals surface area contributed by atoms with Crippen LogP contribution in [0.15, 0.2) is 30.3 Å². The summed E-state index contributed by atoms with van der Waals surface area (Å²) in [7, 11) is 0. The summed E-state index contributed by atoms with van der Waals surface area (Å²) < 4.78 is 5.02. The zero-order valence-corrected chi connectivity index (χ0v) is 16.0. The summed E-state index contributed by atoms with van der Waals surface area (Å²) in [5, 5.41) is 3.59. The van der Waals surface area contributed by atoms with Crippen LogP contribution >= 0.6 is 0 Å². The standard InChI is InChI=1S/C22H27N3O2/c1-2-27-22(26)14-16-8-10-17(11-9-16)23-20-15-21(25-12-3-4-13-25)24-19-7-5-6-18(19)20/h8-11,15H,2-7,12-14H2,1H3,(H,23,24). The highest BCUT2D eigenvalue weighted by atomic mass is 16.5. The second kappa shape index (κ2) is 7.99. The first kappa shape index (κ1) is 17.8. The molecule has 0 saturated carbocycles. The lowest BCUT2D eigenvalue weighted by Crippen LogP contribution is -2.19. The van der Waals surface area contributed by atoms with Crippen LogP contribution in [-0.2, 0) is 28.8 Å². The number of aryl methyl sites for hydroxylation is 1. The van der Waals surface area contributed by atoms with E-state index in [0.717, 1.165) is 43.0 Å². The summed E-state index contributed by atoms with van der Waals surface area (Å²) in [5.74, 6) is 0.926. The number of fused-ring (bicyclic) bond motifs is 1. The summed E-state index contributed by atoms with van der Waals surface area (Å²) in [4.78, 5) is 19.0. The predicted molar refractivity (Wildman–Crippen MR) is 108 cm³/mol. The van der Waals surface area contributed by atoms with E-state index in [4.69, 9.17) is 9.72 Å². The van der Waals surface area contributed by atoms with Crippen LogP contribution in [0, 0.1) is 0 Å². The van der Waals surface area contributed by atoms with E-state index in [1.165, 1.54) is 36.2 Å². The summed E-state index contributed by atoms with van der Waals surface area (Å²) in [6.07, 6.45) is 6.17. The molecule has 1 N–H and O–H groups in total. The fraction of sp³-hybridized carbons (Fsp3) is 0.455. The van der Waals surface area contributed by atoms with Crippen molar-refractivity contribution in [1.29, 1.82) is 0 Å². The van der Waals surface area contributed by atoms with Gasteiger partial charge in [-0.05, 0) is 62.3 Å². The molecule has 142 valence electrons. The third-order valence-electron chi connectivity index (χ3n) is 5.35. The number of carbonyl (C=O) groups is 1. The van der Waals surface area contributed by atoms with Crippen molar-refractivity contribution < 1.29 is 9.53 Å². The van der Waals surface area contributed by atoms with Gasteiger partial charge in [-0.15, -0.1) is 0 Å². The average molecular weight is 365 g/mol. The lowest BCUT2D eigenvalue weighted by Gasteiger charge is -2.20. The SMILES string of the molecule is CCOC(=O)Cc1ccc(Nc2cc(N3CCCC3)nc3c2CCC3)cc1. The number of nitrogens with one attached hydrogen (secondary N) is 1. The Bertz CT molecular complexity index is 811. The van der Waals surface area contributed by atoms with Gasteiger partial charge in [-0.25, -0.2) is 4.98 Å². The molecule has 1 aliphatic carbocycles. The minimum Gasteiger partial charge on any atom is -0.466 e. The largest absolute Gasteiger partial charge is 0.466 e. The molecule has 0 amide bonds. The molecule has 1 aromatic heterocycles. The van der Waals surface area contributed by atoms with Crippen molar-refractivity contribution >= 4 is 23.2 Å². The van der Waals surface area contributed by atoms with Crippen molar-refractivity contribution in [3.63, 3.8) is 0 Å². The van der Waals surface area contributed by atoms with E-state index in [1.807, 2.05) is 31.2 Å². The number of esters is 1. The predicted octanol–water partition coefficient (Wildman–Crippen LogP) is 4.02. The molecule has 5 nitrogen and oxygen atoms in total. The van der Waals surface area contributed by atoms with Crippen LogP contribution in [0.1, 0.15) is 43.0 Å². The Balaban J connectivity index is 1.52. The number of hydrogen-bond donors (Lipinski definition) is 1.